The lowest BCUT2D eigenvalue weighted by Gasteiger charge is -2.08. The Morgan fingerprint density at radius 1 is 1.15 bits per heavy atom. The Balaban J connectivity index is 2.63. The van der Waals surface area contributed by atoms with Crippen LogP contribution in [0.3, 0.4) is 0 Å². The van der Waals surface area contributed by atoms with Gasteiger partial charge in [0.25, 0.3) is 0 Å². The lowest BCUT2D eigenvalue weighted by Crippen LogP contribution is -2.27. The Kier molecular flexibility index (Phi) is 6.44. The van der Waals surface area contributed by atoms with Gasteiger partial charge in [0.05, 0.1) is 0 Å². The van der Waals surface area contributed by atoms with E-state index in [4.69, 9.17) is 4.74 Å². The zero-order valence-electron chi connectivity index (χ0n) is 11.0. The summed E-state index contributed by atoms with van der Waals surface area (Å²) in [6, 6.07) is 1.25. The number of halogens is 3. The largest absolute Gasteiger partial charge is 0.381 e. The maximum absolute atomic E-state index is 13.4. The van der Waals surface area contributed by atoms with Crippen LogP contribution in [0.5, 0.6) is 0 Å². The summed E-state index contributed by atoms with van der Waals surface area (Å²) in [6.45, 7) is 2.89. The highest BCUT2D eigenvalue weighted by molar-refractivity contribution is 7.89. The van der Waals surface area contributed by atoms with Gasteiger partial charge in [0.15, 0.2) is 17.5 Å². The minimum absolute atomic E-state index is 0.0183. The van der Waals surface area contributed by atoms with Crippen molar-refractivity contribution in [2.24, 2.45) is 0 Å². The molecular formula is C12H16F3NO3S. The third-order valence-corrected chi connectivity index (χ3v) is 3.87. The summed E-state index contributed by atoms with van der Waals surface area (Å²) >= 11 is 0. The predicted molar refractivity (Wildman–Crippen MR) is 67.2 cm³/mol. The summed E-state index contributed by atoms with van der Waals surface area (Å²) in [7, 11) is -4.21. The van der Waals surface area contributed by atoms with Gasteiger partial charge >= 0.3 is 0 Å². The number of nitrogens with one attached hydrogen (secondary N) is 1. The number of sulfonamides is 1. The highest BCUT2D eigenvalue weighted by Gasteiger charge is 2.23. The molecule has 0 radical (unpaired) electrons. The van der Waals surface area contributed by atoms with E-state index in [2.05, 4.69) is 4.72 Å². The van der Waals surface area contributed by atoms with Crippen molar-refractivity contribution in [3.63, 3.8) is 0 Å². The molecule has 0 spiro atoms. The number of rotatable bonds is 8. The third-order valence-electron chi connectivity index (χ3n) is 2.40. The van der Waals surface area contributed by atoms with Crippen molar-refractivity contribution in [3.8, 4) is 0 Å². The smallest absolute Gasteiger partial charge is 0.243 e. The summed E-state index contributed by atoms with van der Waals surface area (Å²) in [5.74, 6) is -4.96. The van der Waals surface area contributed by atoms with Gasteiger partial charge < -0.3 is 4.74 Å². The number of benzene rings is 1. The monoisotopic (exact) mass is 311 g/mol. The number of hydrogen-bond donors (Lipinski definition) is 1. The Morgan fingerprint density at radius 2 is 1.85 bits per heavy atom. The van der Waals surface area contributed by atoms with Gasteiger partial charge in [-0.3, -0.25) is 0 Å². The van der Waals surface area contributed by atoms with Crippen LogP contribution in [0.4, 0.5) is 13.2 Å². The van der Waals surface area contributed by atoms with E-state index >= 15 is 0 Å². The molecule has 0 saturated carbocycles. The lowest BCUT2D eigenvalue weighted by molar-refractivity contribution is 0.133. The molecule has 0 atom stereocenters. The van der Waals surface area contributed by atoms with Crippen molar-refractivity contribution in [1.29, 1.82) is 0 Å². The molecule has 0 aliphatic heterocycles. The minimum Gasteiger partial charge on any atom is -0.381 e. The molecule has 0 aromatic heterocycles. The van der Waals surface area contributed by atoms with Crippen molar-refractivity contribution in [2.45, 2.75) is 24.7 Å². The number of ether oxygens (including phenoxy) is 1. The fourth-order valence-electron chi connectivity index (χ4n) is 1.42. The average molecular weight is 311 g/mol. The van der Waals surface area contributed by atoms with E-state index in [0.717, 1.165) is 6.42 Å². The molecule has 20 heavy (non-hydrogen) atoms. The van der Waals surface area contributed by atoms with Crippen molar-refractivity contribution >= 4 is 10.0 Å². The van der Waals surface area contributed by atoms with Gasteiger partial charge in [0, 0.05) is 19.8 Å². The molecule has 0 saturated heterocycles. The van der Waals surface area contributed by atoms with Crippen LogP contribution in [-0.4, -0.2) is 28.2 Å². The third kappa shape index (κ3) is 4.46. The first kappa shape index (κ1) is 16.9. The highest BCUT2D eigenvalue weighted by Crippen LogP contribution is 2.19. The van der Waals surface area contributed by atoms with Crippen LogP contribution in [0, 0.1) is 17.5 Å². The first-order chi connectivity index (χ1) is 9.40. The van der Waals surface area contributed by atoms with E-state index < -0.39 is 32.4 Å². The lowest BCUT2D eigenvalue weighted by atomic mass is 10.3. The zero-order valence-corrected chi connectivity index (χ0v) is 11.8. The van der Waals surface area contributed by atoms with Crippen LogP contribution < -0.4 is 4.72 Å². The highest BCUT2D eigenvalue weighted by atomic mass is 32.2. The molecule has 1 N–H and O–H groups in total. The molecule has 0 amide bonds. The second-order valence-corrected chi connectivity index (χ2v) is 5.77. The van der Waals surface area contributed by atoms with Gasteiger partial charge in [-0.1, -0.05) is 6.92 Å². The number of hydrogen-bond acceptors (Lipinski definition) is 3. The Bertz CT molecular complexity index is 549. The molecule has 0 heterocycles. The molecule has 0 aliphatic rings. The first-order valence-electron chi connectivity index (χ1n) is 6.11. The molecule has 0 unspecified atom stereocenters. The topological polar surface area (TPSA) is 55.4 Å². The SMILES string of the molecule is CCCOCCCNS(=O)(=O)c1ccc(F)c(F)c1F. The fourth-order valence-corrected chi connectivity index (χ4v) is 2.56. The molecule has 4 nitrogen and oxygen atoms in total. The van der Waals surface area contributed by atoms with Gasteiger partial charge in [-0.2, -0.15) is 0 Å². The van der Waals surface area contributed by atoms with E-state index in [9.17, 15) is 21.6 Å². The molecule has 0 bridgehead atoms. The quantitative estimate of drug-likeness (QED) is 0.591. The van der Waals surface area contributed by atoms with E-state index in [1.165, 1.54) is 0 Å². The molecular weight excluding hydrogens is 295 g/mol. The Hall–Kier alpha value is -1.12. The van der Waals surface area contributed by atoms with Crippen LogP contribution in [0.1, 0.15) is 19.8 Å². The molecule has 0 fully saturated rings. The Morgan fingerprint density at radius 3 is 2.50 bits per heavy atom. The van der Waals surface area contributed by atoms with Gasteiger partial charge in [0.1, 0.15) is 4.90 Å². The summed E-state index contributed by atoms with van der Waals surface area (Å²) in [4.78, 5) is -0.911. The van der Waals surface area contributed by atoms with Crippen molar-refractivity contribution in [1.82, 2.24) is 4.72 Å². The normalized spacial score (nSPS) is 11.8. The van der Waals surface area contributed by atoms with Gasteiger partial charge in [-0.25, -0.2) is 26.3 Å². The predicted octanol–water partition coefficient (Wildman–Crippen LogP) is 2.20. The Labute approximate surface area is 116 Å². The van der Waals surface area contributed by atoms with Crippen LogP contribution in [-0.2, 0) is 14.8 Å². The molecule has 0 aliphatic carbocycles. The van der Waals surface area contributed by atoms with Crippen LogP contribution in [0.25, 0.3) is 0 Å². The maximum Gasteiger partial charge on any atom is 0.243 e. The molecule has 1 aromatic rings. The van der Waals surface area contributed by atoms with Gasteiger partial charge in [-0.15, -0.1) is 0 Å². The van der Waals surface area contributed by atoms with Crippen molar-refractivity contribution in [2.75, 3.05) is 19.8 Å². The maximum atomic E-state index is 13.4. The van der Waals surface area contributed by atoms with Gasteiger partial charge in [0.2, 0.25) is 10.0 Å². The molecule has 114 valence electrons. The van der Waals surface area contributed by atoms with E-state index in [1.54, 1.807) is 0 Å². The summed E-state index contributed by atoms with van der Waals surface area (Å²) in [6.07, 6.45) is 1.25. The first-order valence-corrected chi connectivity index (χ1v) is 7.59. The van der Waals surface area contributed by atoms with Crippen LogP contribution >= 0.6 is 0 Å². The second-order valence-electron chi connectivity index (χ2n) is 4.04. The minimum atomic E-state index is -4.21. The summed E-state index contributed by atoms with van der Waals surface area (Å²) in [5, 5.41) is 0. The zero-order chi connectivity index (χ0) is 15.2. The standard InChI is InChI=1S/C12H16F3NO3S/c1-2-7-19-8-3-6-16-20(17,18)10-5-4-9(13)11(14)12(10)15/h4-5,16H,2-3,6-8H2,1H3. The second kappa shape index (κ2) is 7.61. The van der Waals surface area contributed by atoms with Crippen LogP contribution in [0.15, 0.2) is 17.0 Å². The fraction of sp³-hybridized carbons (Fsp3) is 0.500. The average Bonchev–Trinajstić information content (AvgIpc) is 2.39. The van der Waals surface area contributed by atoms with E-state index in [-0.39, 0.29) is 6.54 Å². The van der Waals surface area contributed by atoms with Crippen molar-refractivity contribution < 1.29 is 26.3 Å². The van der Waals surface area contributed by atoms with Crippen LogP contribution in [0.2, 0.25) is 0 Å². The van der Waals surface area contributed by atoms with E-state index in [0.29, 0.717) is 31.8 Å². The summed E-state index contributed by atoms with van der Waals surface area (Å²) in [5.41, 5.74) is 0. The molecule has 1 rings (SSSR count). The van der Waals surface area contributed by atoms with Gasteiger partial charge in [-0.05, 0) is 25.0 Å². The molecule has 8 heteroatoms. The summed E-state index contributed by atoms with van der Waals surface area (Å²) < 4.78 is 69.8. The van der Waals surface area contributed by atoms with E-state index in [1.807, 2.05) is 6.92 Å². The molecule has 1 aromatic carbocycles. The van der Waals surface area contributed by atoms with Crippen molar-refractivity contribution in [3.05, 3.63) is 29.6 Å².